The largest absolute Gasteiger partial charge is 0.489 e. The van der Waals surface area contributed by atoms with Gasteiger partial charge in [-0.15, -0.1) is 0 Å². The van der Waals surface area contributed by atoms with Gasteiger partial charge in [0.05, 0.1) is 5.69 Å². The molecule has 3 aromatic rings. The molecule has 0 N–H and O–H groups in total. The molecule has 1 aromatic heterocycles. The zero-order chi connectivity index (χ0) is 19.6. The van der Waals surface area contributed by atoms with Gasteiger partial charge in [-0.05, 0) is 43.2 Å². The Bertz CT molecular complexity index is 1070. The highest BCUT2D eigenvalue weighted by molar-refractivity contribution is 5.55. The van der Waals surface area contributed by atoms with Crippen molar-refractivity contribution in [3.8, 4) is 11.4 Å². The molecular formula is C22H19F2NO2. The zero-order valence-electron chi connectivity index (χ0n) is 15.1. The van der Waals surface area contributed by atoms with Crippen molar-refractivity contribution in [1.29, 1.82) is 0 Å². The summed E-state index contributed by atoms with van der Waals surface area (Å²) in [4.78, 5) is 12.7. The molecule has 0 amide bonds. The first-order valence-electron chi connectivity index (χ1n) is 8.43. The van der Waals surface area contributed by atoms with Crippen LogP contribution in [0, 0.1) is 25.5 Å². The maximum absolute atomic E-state index is 13.7. The molecule has 0 aliphatic carbocycles. The van der Waals surface area contributed by atoms with Crippen molar-refractivity contribution in [2.75, 3.05) is 0 Å². The van der Waals surface area contributed by atoms with Crippen molar-refractivity contribution in [1.82, 2.24) is 4.57 Å². The van der Waals surface area contributed by atoms with E-state index in [0.29, 0.717) is 11.4 Å². The summed E-state index contributed by atoms with van der Waals surface area (Å²) in [5.41, 5.74) is 3.27. The van der Waals surface area contributed by atoms with Gasteiger partial charge in [0, 0.05) is 29.5 Å². The number of nitrogens with zero attached hydrogens (tertiary/aromatic N) is 1. The Morgan fingerprint density at radius 2 is 1.85 bits per heavy atom. The molecule has 0 saturated heterocycles. The monoisotopic (exact) mass is 367 g/mol. The molecule has 3 rings (SSSR count). The topological polar surface area (TPSA) is 31.2 Å². The summed E-state index contributed by atoms with van der Waals surface area (Å²) >= 11 is 0. The Morgan fingerprint density at radius 1 is 1.07 bits per heavy atom. The lowest BCUT2D eigenvalue weighted by molar-refractivity contribution is 0.298. The standard InChI is InChI=1S/C22H19F2NO2/c1-4-16-6-5-14(2)21(10-16)25-15(3)9-19(12-22(25)26)27-13-17-7-8-18(23)11-20(17)24/h4-12H,1,13H2,2-3H3. The lowest BCUT2D eigenvalue weighted by Gasteiger charge is -2.15. The molecule has 0 radical (unpaired) electrons. The van der Waals surface area contributed by atoms with Gasteiger partial charge >= 0.3 is 0 Å². The molecule has 0 unspecified atom stereocenters. The van der Waals surface area contributed by atoms with Gasteiger partial charge in [0.1, 0.15) is 24.0 Å². The fourth-order valence-corrected chi connectivity index (χ4v) is 2.86. The second kappa shape index (κ2) is 7.58. The predicted molar refractivity (Wildman–Crippen MR) is 102 cm³/mol. The summed E-state index contributed by atoms with van der Waals surface area (Å²) < 4.78 is 33.8. The van der Waals surface area contributed by atoms with Crippen molar-refractivity contribution >= 4 is 6.08 Å². The molecule has 0 saturated carbocycles. The van der Waals surface area contributed by atoms with E-state index in [0.717, 1.165) is 22.9 Å². The Hall–Kier alpha value is -3.21. The molecule has 5 heteroatoms. The van der Waals surface area contributed by atoms with Gasteiger partial charge < -0.3 is 4.74 Å². The van der Waals surface area contributed by atoms with E-state index < -0.39 is 11.6 Å². The highest BCUT2D eigenvalue weighted by Crippen LogP contribution is 2.20. The molecule has 2 aromatic carbocycles. The van der Waals surface area contributed by atoms with E-state index in [1.807, 2.05) is 25.1 Å². The van der Waals surface area contributed by atoms with Gasteiger partial charge in [0.2, 0.25) is 0 Å². The van der Waals surface area contributed by atoms with Crippen LogP contribution in [0.4, 0.5) is 8.78 Å². The number of hydrogen-bond acceptors (Lipinski definition) is 2. The summed E-state index contributed by atoms with van der Waals surface area (Å²) in [6.07, 6.45) is 1.72. The van der Waals surface area contributed by atoms with Crippen LogP contribution in [0.2, 0.25) is 0 Å². The maximum atomic E-state index is 13.7. The van der Waals surface area contributed by atoms with Crippen LogP contribution in [0.3, 0.4) is 0 Å². The van der Waals surface area contributed by atoms with Crippen LogP contribution in [0.25, 0.3) is 11.8 Å². The second-order valence-electron chi connectivity index (χ2n) is 6.28. The van der Waals surface area contributed by atoms with Crippen molar-refractivity contribution in [2.24, 2.45) is 0 Å². The van der Waals surface area contributed by atoms with Gasteiger partial charge in [-0.2, -0.15) is 0 Å². The Morgan fingerprint density at radius 3 is 2.52 bits per heavy atom. The van der Waals surface area contributed by atoms with E-state index in [9.17, 15) is 13.6 Å². The molecule has 27 heavy (non-hydrogen) atoms. The average molecular weight is 367 g/mol. The van der Waals surface area contributed by atoms with E-state index in [1.165, 1.54) is 18.2 Å². The van der Waals surface area contributed by atoms with Gasteiger partial charge in [-0.1, -0.05) is 24.8 Å². The number of halogens is 2. The zero-order valence-corrected chi connectivity index (χ0v) is 15.1. The van der Waals surface area contributed by atoms with Crippen LogP contribution >= 0.6 is 0 Å². The Kier molecular flexibility index (Phi) is 5.21. The van der Waals surface area contributed by atoms with Gasteiger partial charge in [0.15, 0.2) is 0 Å². The number of rotatable bonds is 5. The summed E-state index contributed by atoms with van der Waals surface area (Å²) in [5, 5.41) is 0. The molecule has 0 atom stereocenters. The van der Waals surface area contributed by atoms with Crippen molar-refractivity contribution in [3.05, 3.63) is 99.5 Å². The summed E-state index contributed by atoms with van der Waals surface area (Å²) in [6, 6.07) is 12.1. The highest BCUT2D eigenvalue weighted by Gasteiger charge is 2.11. The predicted octanol–water partition coefficient (Wildman–Crippen LogP) is 4.95. The number of hydrogen-bond donors (Lipinski definition) is 0. The van der Waals surface area contributed by atoms with E-state index in [4.69, 9.17) is 4.74 Å². The van der Waals surface area contributed by atoms with Crippen LogP contribution < -0.4 is 10.3 Å². The highest BCUT2D eigenvalue weighted by atomic mass is 19.1. The van der Waals surface area contributed by atoms with Crippen molar-refractivity contribution in [3.63, 3.8) is 0 Å². The number of aromatic nitrogens is 1. The van der Waals surface area contributed by atoms with Crippen molar-refractivity contribution in [2.45, 2.75) is 20.5 Å². The normalized spacial score (nSPS) is 10.7. The van der Waals surface area contributed by atoms with Crippen LogP contribution in [-0.2, 0) is 6.61 Å². The van der Waals surface area contributed by atoms with Gasteiger partial charge in [0.25, 0.3) is 5.56 Å². The van der Waals surface area contributed by atoms with Crippen LogP contribution in [0.1, 0.15) is 22.4 Å². The summed E-state index contributed by atoms with van der Waals surface area (Å²) in [5.74, 6) is -1.00. The minimum atomic E-state index is -0.683. The number of pyridine rings is 1. The summed E-state index contributed by atoms with van der Waals surface area (Å²) in [7, 11) is 0. The fourth-order valence-electron chi connectivity index (χ4n) is 2.86. The van der Waals surface area contributed by atoms with Crippen LogP contribution in [0.15, 0.2) is 59.9 Å². The number of ether oxygens (including phenoxy) is 1. The van der Waals surface area contributed by atoms with E-state index in [-0.39, 0.29) is 17.7 Å². The molecular weight excluding hydrogens is 348 g/mol. The molecule has 0 aliphatic rings. The third kappa shape index (κ3) is 3.97. The Labute approximate surface area is 156 Å². The average Bonchev–Trinajstić information content (AvgIpc) is 2.62. The SMILES string of the molecule is C=Cc1ccc(C)c(-n2c(C)cc(OCc3ccc(F)cc3F)cc2=O)c1. The molecule has 3 nitrogen and oxygen atoms in total. The first-order valence-corrected chi connectivity index (χ1v) is 8.43. The molecule has 138 valence electrons. The van der Waals surface area contributed by atoms with E-state index >= 15 is 0 Å². The second-order valence-corrected chi connectivity index (χ2v) is 6.28. The van der Waals surface area contributed by atoms with Gasteiger partial charge in [-0.25, -0.2) is 8.78 Å². The van der Waals surface area contributed by atoms with Crippen molar-refractivity contribution < 1.29 is 13.5 Å². The minimum Gasteiger partial charge on any atom is -0.489 e. The molecule has 0 spiro atoms. The minimum absolute atomic E-state index is 0.0972. The van der Waals surface area contributed by atoms with Gasteiger partial charge in [-0.3, -0.25) is 9.36 Å². The third-order valence-electron chi connectivity index (χ3n) is 4.31. The smallest absolute Gasteiger partial charge is 0.259 e. The third-order valence-corrected chi connectivity index (χ3v) is 4.31. The first-order chi connectivity index (χ1) is 12.9. The molecule has 0 fully saturated rings. The summed E-state index contributed by atoms with van der Waals surface area (Å²) in [6.45, 7) is 7.39. The van der Waals surface area contributed by atoms with Crippen LogP contribution in [0.5, 0.6) is 5.75 Å². The maximum Gasteiger partial charge on any atom is 0.259 e. The Balaban J connectivity index is 1.91. The number of aryl methyl sites for hydroxylation is 2. The van der Waals surface area contributed by atoms with E-state index in [2.05, 4.69) is 6.58 Å². The molecule has 1 heterocycles. The molecule has 0 bridgehead atoms. The molecule has 0 aliphatic heterocycles. The lowest BCUT2D eigenvalue weighted by atomic mass is 10.1. The quantitative estimate of drug-likeness (QED) is 0.639. The van der Waals surface area contributed by atoms with E-state index in [1.54, 1.807) is 23.6 Å². The van der Waals surface area contributed by atoms with Crippen LogP contribution in [-0.4, -0.2) is 4.57 Å². The lowest BCUT2D eigenvalue weighted by Crippen LogP contribution is -2.21. The number of benzene rings is 2. The first kappa shape index (κ1) is 18.6. The fraction of sp³-hybridized carbons (Fsp3) is 0.136.